The van der Waals surface area contributed by atoms with Gasteiger partial charge in [-0.05, 0) is 42.9 Å². The molecule has 1 aromatic carbocycles. The second-order valence-corrected chi connectivity index (χ2v) is 5.38. The molecule has 0 bridgehead atoms. The van der Waals surface area contributed by atoms with Gasteiger partial charge in [0.2, 0.25) is 0 Å². The van der Waals surface area contributed by atoms with Crippen LogP contribution in [0.2, 0.25) is 0 Å². The Morgan fingerprint density at radius 2 is 2.22 bits per heavy atom. The molecule has 0 N–H and O–H groups in total. The average Bonchev–Trinajstić information content (AvgIpc) is 2.82. The molecule has 96 valence electrons. The molecule has 0 amide bonds. The molecule has 2 heterocycles. The highest BCUT2D eigenvalue weighted by Crippen LogP contribution is 2.27. The van der Waals surface area contributed by atoms with Gasteiger partial charge >= 0.3 is 0 Å². The number of hydrogen-bond donors (Lipinski definition) is 0. The van der Waals surface area contributed by atoms with E-state index in [-0.39, 0.29) is 6.23 Å². The van der Waals surface area contributed by atoms with Crippen molar-refractivity contribution in [2.24, 2.45) is 0 Å². The van der Waals surface area contributed by atoms with Crippen molar-refractivity contribution in [1.29, 1.82) is 0 Å². The summed E-state index contributed by atoms with van der Waals surface area (Å²) in [6.07, 6.45) is 5.56. The molecule has 1 aromatic heterocycles. The smallest absolute Gasteiger partial charge is 0.150 e. The second kappa shape index (κ2) is 4.73. The van der Waals surface area contributed by atoms with E-state index in [1.807, 2.05) is 10.9 Å². The van der Waals surface area contributed by atoms with Crippen molar-refractivity contribution < 1.29 is 4.74 Å². The van der Waals surface area contributed by atoms with Crippen molar-refractivity contribution >= 4 is 10.9 Å². The third kappa shape index (κ3) is 2.03. The van der Waals surface area contributed by atoms with Crippen LogP contribution in [-0.2, 0) is 4.74 Å². The lowest BCUT2D eigenvalue weighted by Crippen LogP contribution is -2.18. The quantitative estimate of drug-likeness (QED) is 0.802. The Balaban J connectivity index is 1.98. The van der Waals surface area contributed by atoms with Gasteiger partial charge in [-0.1, -0.05) is 19.9 Å². The molecule has 1 fully saturated rings. The van der Waals surface area contributed by atoms with E-state index in [9.17, 15) is 0 Å². The maximum Gasteiger partial charge on any atom is 0.150 e. The maximum atomic E-state index is 5.81. The molecule has 18 heavy (non-hydrogen) atoms. The summed E-state index contributed by atoms with van der Waals surface area (Å²) >= 11 is 0. The zero-order valence-corrected chi connectivity index (χ0v) is 11.1. The number of hydrogen-bond acceptors (Lipinski definition) is 2. The standard InChI is InChI=1S/C15H20N2O/c1-11(2)12-6-7-14-13(9-12)10-16-17(14)15-5-3-4-8-18-15/h6-7,9-11,15H,3-5,8H2,1-2H3/t15-/m1/s1. The van der Waals surface area contributed by atoms with Crippen LogP contribution in [0.25, 0.3) is 10.9 Å². The zero-order chi connectivity index (χ0) is 12.5. The largest absolute Gasteiger partial charge is 0.356 e. The minimum Gasteiger partial charge on any atom is -0.356 e. The van der Waals surface area contributed by atoms with E-state index >= 15 is 0 Å². The molecular formula is C15H20N2O. The molecule has 3 heteroatoms. The van der Waals surface area contributed by atoms with Crippen molar-refractivity contribution in [2.45, 2.75) is 45.3 Å². The molecule has 1 atom stereocenters. The summed E-state index contributed by atoms with van der Waals surface area (Å²) in [5.74, 6) is 0.559. The number of fused-ring (bicyclic) bond motifs is 1. The molecule has 1 aliphatic heterocycles. The Labute approximate surface area is 108 Å². The SMILES string of the molecule is CC(C)c1ccc2c(cnn2[C@H]2CCCCO2)c1. The first-order valence-electron chi connectivity index (χ1n) is 6.84. The van der Waals surface area contributed by atoms with E-state index in [0.29, 0.717) is 5.92 Å². The van der Waals surface area contributed by atoms with E-state index in [2.05, 4.69) is 37.1 Å². The predicted octanol–water partition coefficient (Wildman–Crippen LogP) is 3.86. The van der Waals surface area contributed by atoms with Crippen molar-refractivity contribution in [2.75, 3.05) is 6.61 Å². The predicted molar refractivity (Wildman–Crippen MR) is 72.7 cm³/mol. The average molecular weight is 244 g/mol. The summed E-state index contributed by atoms with van der Waals surface area (Å²) in [6.45, 7) is 5.29. The molecule has 0 unspecified atom stereocenters. The highest BCUT2D eigenvalue weighted by molar-refractivity contribution is 5.79. The van der Waals surface area contributed by atoms with Gasteiger partial charge in [-0.2, -0.15) is 5.10 Å². The Morgan fingerprint density at radius 3 is 2.94 bits per heavy atom. The Hall–Kier alpha value is -1.35. The van der Waals surface area contributed by atoms with Crippen molar-refractivity contribution in [3.05, 3.63) is 30.0 Å². The highest BCUT2D eigenvalue weighted by atomic mass is 16.5. The monoisotopic (exact) mass is 244 g/mol. The minimum absolute atomic E-state index is 0.126. The second-order valence-electron chi connectivity index (χ2n) is 5.38. The summed E-state index contributed by atoms with van der Waals surface area (Å²) in [6, 6.07) is 6.62. The third-order valence-corrected chi connectivity index (χ3v) is 3.71. The molecule has 3 nitrogen and oxygen atoms in total. The molecule has 3 rings (SSSR count). The van der Waals surface area contributed by atoms with Gasteiger partial charge < -0.3 is 4.74 Å². The topological polar surface area (TPSA) is 27.1 Å². The van der Waals surface area contributed by atoms with E-state index in [1.54, 1.807) is 0 Å². The van der Waals surface area contributed by atoms with Crippen LogP contribution in [0.1, 0.15) is 50.8 Å². The van der Waals surface area contributed by atoms with Gasteiger partial charge in [0.1, 0.15) is 0 Å². The summed E-state index contributed by atoms with van der Waals surface area (Å²) in [4.78, 5) is 0. The van der Waals surface area contributed by atoms with Crippen LogP contribution in [0.4, 0.5) is 0 Å². The molecule has 1 saturated heterocycles. The van der Waals surface area contributed by atoms with Crippen molar-refractivity contribution in [3.63, 3.8) is 0 Å². The van der Waals surface area contributed by atoms with Gasteiger partial charge in [0.15, 0.2) is 6.23 Å². The van der Waals surface area contributed by atoms with Crippen LogP contribution < -0.4 is 0 Å². The van der Waals surface area contributed by atoms with Crippen molar-refractivity contribution in [3.8, 4) is 0 Å². The zero-order valence-electron chi connectivity index (χ0n) is 11.1. The van der Waals surface area contributed by atoms with Gasteiger partial charge in [0, 0.05) is 12.0 Å². The van der Waals surface area contributed by atoms with Crippen LogP contribution in [0.3, 0.4) is 0 Å². The fraction of sp³-hybridized carbons (Fsp3) is 0.533. The van der Waals surface area contributed by atoms with Crippen molar-refractivity contribution in [1.82, 2.24) is 9.78 Å². The van der Waals surface area contributed by atoms with E-state index in [0.717, 1.165) is 13.0 Å². The lowest BCUT2D eigenvalue weighted by molar-refractivity contribution is -0.0366. The van der Waals surface area contributed by atoms with Crippen LogP contribution in [0.15, 0.2) is 24.4 Å². The van der Waals surface area contributed by atoms with Crippen LogP contribution in [0, 0.1) is 0 Å². The third-order valence-electron chi connectivity index (χ3n) is 3.71. The summed E-state index contributed by atoms with van der Waals surface area (Å²) in [7, 11) is 0. The lowest BCUT2D eigenvalue weighted by Gasteiger charge is -2.23. The first-order chi connectivity index (χ1) is 8.75. The Bertz CT molecular complexity index is 538. The van der Waals surface area contributed by atoms with Crippen LogP contribution >= 0.6 is 0 Å². The van der Waals surface area contributed by atoms with E-state index in [1.165, 1.54) is 29.3 Å². The molecule has 0 spiro atoms. The number of ether oxygens (including phenoxy) is 1. The lowest BCUT2D eigenvalue weighted by atomic mass is 10.0. The molecule has 0 radical (unpaired) electrons. The molecule has 0 saturated carbocycles. The number of benzene rings is 1. The van der Waals surface area contributed by atoms with Gasteiger partial charge in [-0.15, -0.1) is 0 Å². The number of aromatic nitrogens is 2. The maximum absolute atomic E-state index is 5.81. The number of rotatable bonds is 2. The van der Waals surface area contributed by atoms with Gasteiger partial charge in [0.05, 0.1) is 11.7 Å². The molecule has 1 aliphatic rings. The first-order valence-corrected chi connectivity index (χ1v) is 6.84. The molecule has 0 aliphatic carbocycles. The first kappa shape index (κ1) is 11.7. The van der Waals surface area contributed by atoms with E-state index in [4.69, 9.17) is 4.74 Å². The normalized spacial score (nSPS) is 20.7. The van der Waals surface area contributed by atoms with Crippen LogP contribution in [0.5, 0.6) is 0 Å². The summed E-state index contributed by atoms with van der Waals surface area (Å²) < 4.78 is 7.85. The fourth-order valence-electron chi connectivity index (χ4n) is 2.58. The Morgan fingerprint density at radius 1 is 1.33 bits per heavy atom. The van der Waals surface area contributed by atoms with Gasteiger partial charge in [0.25, 0.3) is 0 Å². The minimum atomic E-state index is 0.126. The highest BCUT2D eigenvalue weighted by Gasteiger charge is 2.18. The molecular weight excluding hydrogens is 224 g/mol. The van der Waals surface area contributed by atoms with E-state index < -0.39 is 0 Å². The van der Waals surface area contributed by atoms with Gasteiger partial charge in [-0.3, -0.25) is 0 Å². The summed E-state index contributed by atoms with van der Waals surface area (Å²) in [5, 5.41) is 5.73. The number of nitrogens with zero attached hydrogens (tertiary/aromatic N) is 2. The van der Waals surface area contributed by atoms with Crippen LogP contribution in [-0.4, -0.2) is 16.4 Å². The van der Waals surface area contributed by atoms with Gasteiger partial charge in [-0.25, -0.2) is 4.68 Å². The summed E-state index contributed by atoms with van der Waals surface area (Å²) in [5.41, 5.74) is 2.55. The fourth-order valence-corrected chi connectivity index (χ4v) is 2.58. The Kier molecular flexibility index (Phi) is 3.08. The molecule has 2 aromatic rings.